The molecule has 1 saturated heterocycles. The number of guanidine groups is 1. The number of furan rings is 1. The van der Waals surface area contributed by atoms with Gasteiger partial charge in [-0.2, -0.15) is 0 Å². The minimum atomic E-state index is -0.261. The topological polar surface area (TPSA) is 99.4 Å². The van der Waals surface area contributed by atoms with Crippen molar-refractivity contribution in [2.24, 2.45) is 4.99 Å². The van der Waals surface area contributed by atoms with Gasteiger partial charge in [-0.3, -0.25) is 9.79 Å². The van der Waals surface area contributed by atoms with Crippen LogP contribution in [-0.4, -0.2) is 80.7 Å². The van der Waals surface area contributed by atoms with E-state index in [1.54, 1.807) is 24.9 Å². The Morgan fingerprint density at radius 3 is 2.44 bits per heavy atom. The minimum absolute atomic E-state index is 0.197. The number of carbonyl (C=O) groups excluding carboxylic acids is 2. The lowest BCUT2D eigenvalue weighted by Gasteiger charge is -2.35. The van der Waals surface area contributed by atoms with Gasteiger partial charge in [-0.05, 0) is 26.3 Å². The van der Waals surface area contributed by atoms with Gasteiger partial charge < -0.3 is 29.6 Å². The second kappa shape index (κ2) is 10.4. The van der Waals surface area contributed by atoms with Crippen LogP contribution >= 0.6 is 0 Å². The maximum Gasteiger partial charge on any atom is 0.409 e. The molecule has 1 aliphatic heterocycles. The normalized spacial score (nSPS) is 14.9. The van der Waals surface area contributed by atoms with Gasteiger partial charge in [-0.15, -0.1) is 0 Å². The van der Waals surface area contributed by atoms with Crippen molar-refractivity contribution in [2.45, 2.75) is 20.3 Å². The zero-order chi connectivity index (χ0) is 19.6. The number of hydrogen-bond acceptors (Lipinski definition) is 5. The quantitative estimate of drug-likeness (QED) is 0.436. The zero-order valence-corrected chi connectivity index (χ0v) is 16.3. The second-order valence-electron chi connectivity index (χ2n) is 6.19. The van der Waals surface area contributed by atoms with E-state index in [0.717, 1.165) is 17.9 Å². The molecular weight excluding hydrogens is 350 g/mol. The van der Waals surface area contributed by atoms with Crippen LogP contribution in [0.3, 0.4) is 0 Å². The summed E-state index contributed by atoms with van der Waals surface area (Å²) in [5.41, 5.74) is 0.827. The molecule has 0 spiro atoms. The maximum absolute atomic E-state index is 12.0. The molecule has 1 fully saturated rings. The third kappa shape index (κ3) is 5.90. The van der Waals surface area contributed by atoms with Crippen molar-refractivity contribution < 1.29 is 18.7 Å². The van der Waals surface area contributed by atoms with Crippen molar-refractivity contribution in [3.05, 3.63) is 23.7 Å². The molecule has 1 aromatic rings. The van der Waals surface area contributed by atoms with Crippen molar-refractivity contribution in [1.82, 2.24) is 20.4 Å². The molecule has 2 N–H and O–H groups in total. The van der Waals surface area contributed by atoms with E-state index in [-0.39, 0.29) is 12.0 Å². The molecule has 2 heterocycles. The van der Waals surface area contributed by atoms with Crippen molar-refractivity contribution in [1.29, 1.82) is 0 Å². The summed E-state index contributed by atoms with van der Waals surface area (Å²) in [5, 5.41) is 6.14. The van der Waals surface area contributed by atoms with Gasteiger partial charge in [0.15, 0.2) is 11.7 Å². The Balaban J connectivity index is 1.65. The third-order valence-corrected chi connectivity index (χ3v) is 4.31. The molecule has 9 heteroatoms. The van der Waals surface area contributed by atoms with Gasteiger partial charge in [0.2, 0.25) is 0 Å². The van der Waals surface area contributed by atoms with Crippen molar-refractivity contribution in [3.63, 3.8) is 0 Å². The standard InChI is InChI=1S/C18H29N5O4/c1-4-26-18(25)23-11-9-22(10-12-23)17(19-3)21-8-5-7-20-16(24)15-14(2)6-13-27-15/h6,13H,4-5,7-12H2,1-3H3,(H,19,21)(H,20,24). The van der Waals surface area contributed by atoms with Crippen LogP contribution in [0, 0.1) is 6.92 Å². The Morgan fingerprint density at radius 1 is 1.19 bits per heavy atom. The average molecular weight is 379 g/mol. The smallest absolute Gasteiger partial charge is 0.409 e. The molecule has 1 aliphatic rings. The van der Waals surface area contributed by atoms with Crippen LogP contribution in [0.15, 0.2) is 21.7 Å². The van der Waals surface area contributed by atoms with Crippen LogP contribution in [0.2, 0.25) is 0 Å². The lowest BCUT2D eigenvalue weighted by molar-refractivity contribution is 0.0909. The predicted octanol–water partition coefficient (Wildman–Crippen LogP) is 1.06. The van der Waals surface area contributed by atoms with Crippen LogP contribution in [0.1, 0.15) is 29.5 Å². The van der Waals surface area contributed by atoms with E-state index in [1.165, 1.54) is 6.26 Å². The van der Waals surface area contributed by atoms with Crippen molar-refractivity contribution in [2.75, 3.05) is 52.9 Å². The van der Waals surface area contributed by atoms with Gasteiger partial charge in [0.1, 0.15) is 0 Å². The number of aliphatic imine (C=N–C) groups is 1. The first-order valence-corrected chi connectivity index (χ1v) is 9.26. The number of amides is 2. The average Bonchev–Trinajstić information content (AvgIpc) is 3.11. The first-order chi connectivity index (χ1) is 13.1. The van der Waals surface area contributed by atoms with E-state index in [1.807, 2.05) is 6.92 Å². The number of aryl methyl sites for hydroxylation is 1. The summed E-state index contributed by atoms with van der Waals surface area (Å²) < 4.78 is 10.2. The fourth-order valence-corrected chi connectivity index (χ4v) is 2.82. The molecule has 150 valence electrons. The van der Waals surface area contributed by atoms with Crippen LogP contribution in [-0.2, 0) is 4.74 Å². The molecule has 27 heavy (non-hydrogen) atoms. The Hall–Kier alpha value is -2.71. The summed E-state index contributed by atoms with van der Waals surface area (Å²) in [4.78, 5) is 31.8. The van der Waals surface area contributed by atoms with Crippen molar-refractivity contribution >= 4 is 18.0 Å². The summed E-state index contributed by atoms with van der Waals surface area (Å²) in [6.45, 7) is 7.88. The molecule has 1 aromatic heterocycles. The monoisotopic (exact) mass is 379 g/mol. The van der Waals surface area contributed by atoms with Gasteiger partial charge in [0.05, 0.1) is 12.9 Å². The zero-order valence-electron chi connectivity index (χ0n) is 16.3. The SMILES string of the molecule is CCOC(=O)N1CCN(C(=NC)NCCCNC(=O)c2occc2C)CC1. The highest BCUT2D eigenvalue weighted by Gasteiger charge is 2.23. The van der Waals surface area contributed by atoms with Crippen molar-refractivity contribution in [3.8, 4) is 0 Å². The number of piperazine rings is 1. The molecule has 0 atom stereocenters. The first kappa shape index (κ1) is 20.6. The number of nitrogens with zero attached hydrogens (tertiary/aromatic N) is 3. The van der Waals surface area contributed by atoms with Gasteiger partial charge in [-0.25, -0.2) is 4.79 Å². The van der Waals surface area contributed by atoms with Gasteiger partial charge in [0, 0.05) is 51.9 Å². The number of nitrogens with one attached hydrogen (secondary N) is 2. The fraction of sp³-hybridized carbons (Fsp3) is 0.611. The molecular formula is C18H29N5O4. The molecule has 0 unspecified atom stereocenters. The molecule has 0 saturated carbocycles. The Bertz CT molecular complexity index is 650. The summed E-state index contributed by atoms with van der Waals surface area (Å²) in [5.74, 6) is 0.960. The number of ether oxygens (including phenoxy) is 1. The lowest BCUT2D eigenvalue weighted by atomic mass is 10.2. The predicted molar refractivity (Wildman–Crippen MR) is 102 cm³/mol. The minimum Gasteiger partial charge on any atom is -0.459 e. The van der Waals surface area contributed by atoms with Crippen LogP contribution < -0.4 is 10.6 Å². The highest BCUT2D eigenvalue weighted by atomic mass is 16.6. The van der Waals surface area contributed by atoms with Gasteiger partial charge in [-0.1, -0.05) is 0 Å². The van der Waals surface area contributed by atoms with E-state index in [9.17, 15) is 9.59 Å². The first-order valence-electron chi connectivity index (χ1n) is 9.26. The second-order valence-corrected chi connectivity index (χ2v) is 6.19. The molecule has 0 bridgehead atoms. The van der Waals surface area contributed by atoms with E-state index in [0.29, 0.717) is 51.6 Å². The van der Waals surface area contributed by atoms with Crippen LogP contribution in [0.4, 0.5) is 4.79 Å². The van der Waals surface area contributed by atoms with Crippen LogP contribution in [0.5, 0.6) is 0 Å². The lowest BCUT2D eigenvalue weighted by Crippen LogP contribution is -2.54. The Labute approximate surface area is 159 Å². The largest absolute Gasteiger partial charge is 0.459 e. The van der Waals surface area contributed by atoms with E-state index >= 15 is 0 Å². The van der Waals surface area contributed by atoms with E-state index < -0.39 is 0 Å². The van der Waals surface area contributed by atoms with E-state index in [2.05, 4.69) is 20.5 Å². The Kier molecular flexibility index (Phi) is 7.97. The summed E-state index contributed by atoms with van der Waals surface area (Å²) in [6.07, 6.45) is 2.01. The molecule has 2 rings (SSSR count). The number of carbonyl (C=O) groups is 2. The number of hydrogen-bond donors (Lipinski definition) is 2. The molecule has 0 radical (unpaired) electrons. The molecule has 0 aromatic carbocycles. The Morgan fingerprint density at radius 2 is 1.85 bits per heavy atom. The molecule has 9 nitrogen and oxygen atoms in total. The van der Waals surface area contributed by atoms with Gasteiger partial charge in [0.25, 0.3) is 5.91 Å². The maximum atomic E-state index is 12.0. The summed E-state index contributed by atoms with van der Waals surface area (Å²) in [6, 6.07) is 1.77. The van der Waals surface area contributed by atoms with E-state index in [4.69, 9.17) is 9.15 Å². The molecule has 0 aliphatic carbocycles. The molecule has 2 amide bonds. The highest BCUT2D eigenvalue weighted by molar-refractivity contribution is 5.92. The number of rotatable bonds is 6. The third-order valence-electron chi connectivity index (χ3n) is 4.31. The highest BCUT2D eigenvalue weighted by Crippen LogP contribution is 2.08. The van der Waals surface area contributed by atoms with Crippen LogP contribution in [0.25, 0.3) is 0 Å². The fourth-order valence-electron chi connectivity index (χ4n) is 2.82. The van der Waals surface area contributed by atoms with Gasteiger partial charge >= 0.3 is 6.09 Å². The summed E-state index contributed by atoms with van der Waals surface area (Å²) >= 11 is 0. The summed E-state index contributed by atoms with van der Waals surface area (Å²) in [7, 11) is 1.74.